The smallest absolute Gasteiger partial charge is 0.338 e. The SMILES string of the molecule is Cc1ccc2c(c1)c(C(=O)O)c1n2CC(NC(=O)c2ccc(-n3cnc(C)n3)cc2Cl)(c2ccccc2)CC1. The number of hydrogen-bond acceptors (Lipinski definition) is 4. The number of fused-ring (bicyclic) bond motifs is 3. The van der Waals surface area contributed by atoms with Gasteiger partial charge in [-0.1, -0.05) is 53.6 Å². The van der Waals surface area contributed by atoms with Gasteiger partial charge in [0.2, 0.25) is 0 Å². The van der Waals surface area contributed by atoms with E-state index in [-0.39, 0.29) is 5.91 Å². The van der Waals surface area contributed by atoms with Crippen LogP contribution in [-0.4, -0.2) is 36.3 Å². The number of carboxylic acid groups (broad SMARTS) is 1. The van der Waals surface area contributed by atoms with Gasteiger partial charge in [-0.15, -0.1) is 0 Å². The van der Waals surface area contributed by atoms with E-state index in [1.807, 2.05) is 60.0 Å². The van der Waals surface area contributed by atoms with E-state index in [4.69, 9.17) is 11.6 Å². The lowest BCUT2D eigenvalue weighted by Gasteiger charge is -2.40. The summed E-state index contributed by atoms with van der Waals surface area (Å²) in [7, 11) is 0. The van der Waals surface area contributed by atoms with Crippen LogP contribution in [0.25, 0.3) is 16.6 Å². The summed E-state index contributed by atoms with van der Waals surface area (Å²) in [5, 5.41) is 18.7. The number of amides is 1. The second kappa shape index (κ2) is 9.39. The van der Waals surface area contributed by atoms with Crippen molar-refractivity contribution in [1.29, 1.82) is 0 Å². The van der Waals surface area contributed by atoms with E-state index in [9.17, 15) is 14.7 Å². The standard InChI is InChI=1S/C30H26ClN5O3/c1-18-8-11-25-23(14-18)27(29(38)39)26-12-13-30(16-35(25)26,20-6-4-3-5-7-20)33-28(37)22-10-9-21(15-24(22)31)36-17-32-19(2)34-36/h3-11,14-15,17H,12-13,16H2,1-2H3,(H,33,37)(H,38,39). The van der Waals surface area contributed by atoms with Crippen LogP contribution in [0.2, 0.25) is 5.02 Å². The molecule has 0 saturated heterocycles. The van der Waals surface area contributed by atoms with E-state index in [0.29, 0.717) is 47.0 Å². The van der Waals surface area contributed by atoms with Crippen molar-refractivity contribution in [3.05, 3.63) is 112 Å². The van der Waals surface area contributed by atoms with Crippen LogP contribution in [-0.2, 0) is 18.5 Å². The van der Waals surface area contributed by atoms with E-state index in [0.717, 1.165) is 27.7 Å². The van der Waals surface area contributed by atoms with Gasteiger partial charge in [-0.25, -0.2) is 14.5 Å². The third-order valence-electron chi connectivity index (χ3n) is 7.50. The number of carbonyl (C=O) groups excluding carboxylic acids is 1. The number of nitrogens with zero attached hydrogens (tertiary/aromatic N) is 4. The molecule has 3 heterocycles. The fraction of sp³-hybridized carbons (Fsp3) is 0.200. The minimum absolute atomic E-state index is 0.299. The highest BCUT2D eigenvalue weighted by Crippen LogP contribution is 2.39. The molecule has 39 heavy (non-hydrogen) atoms. The summed E-state index contributed by atoms with van der Waals surface area (Å²) in [6.45, 7) is 4.14. The molecule has 0 bridgehead atoms. The van der Waals surface area contributed by atoms with Crippen molar-refractivity contribution in [1.82, 2.24) is 24.6 Å². The zero-order valence-corrected chi connectivity index (χ0v) is 22.2. The predicted molar refractivity (Wildman–Crippen MR) is 149 cm³/mol. The Balaban J connectivity index is 1.41. The average molecular weight is 540 g/mol. The van der Waals surface area contributed by atoms with Gasteiger partial charge >= 0.3 is 5.97 Å². The van der Waals surface area contributed by atoms with Crippen LogP contribution >= 0.6 is 11.6 Å². The fourth-order valence-electron chi connectivity index (χ4n) is 5.63. The predicted octanol–water partition coefficient (Wildman–Crippen LogP) is 5.46. The van der Waals surface area contributed by atoms with E-state index < -0.39 is 11.5 Å². The first-order chi connectivity index (χ1) is 18.8. The minimum Gasteiger partial charge on any atom is -0.478 e. The average Bonchev–Trinajstić information content (AvgIpc) is 3.49. The Hall–Kier alpha value is -4.43. The Morgan fingerprint density at radius 2 is 1.85 bits per heavy atom. The summed E-state index contributed by atoms with van der Waals surface area (Å²) in [6.07, 6.45) is 2.62. The molecule has 1 aliphatic rings. The summed E-state index contributed by atoms with van der Waals surface area (Å²) in [5.41, 5.74) is 4.16. The van der Waals surface area contributed by atoms with Crippen molar-refractivity contribution in [2.75, 3.05) is 0 Å². The quantitative estimate of drug-likeness (QED) is 0.309. The van der Waals surface area contributed by atoms with Crippen LogP contribution < -0.4 is 5.32 Å². The molecule has 6 rings (SSSR count). The molecule has 0 spiro atoms. The number of benzene rings is 3. The number of aromatic carboxylic acids is 1. The van der Waals surface area contributed by atoms with Crippen molar-refractivity contribution in [2.45, 2.75) is 38.8 Å². The molecule has 196 valence electrons. The van der Waals surface area contributed by atoms with Gasteiger partial charge in [0.25, 0.3) is 5.91 Å². The van der Waals surface area contributed by atoms with Gasteiger partial charge in [-0.2, -0.15) is 5.10 Å². The Kier molecular flexibility index (Phi) is 5.99. The Bertz CT molecular complexity index is 1760. The molecule has 1 atom stereocenters. The molecular weight excluding hydrogens is 514 g/mol. The van der Waals surface area contributed by atoms with E-state index >= 15 is 0 Å². The molecule has 1 amide bonds. The second-order valence-corrected chi connectivity index (χ2v) is 10.4. The normalized spacial score (nSPS) is 16.7. The van der Waals surface area contributed by atoms with E-state index in [1.54, 1.807) is 36.1 Å². The fourth-order valence-corrected chi connectivity index (χ4v) is 5.89. The molecule has 0 radical (unpaired) electrons. The molecule has 9 heteroatoms. The number of halogens is 1. The second-order valence-electron chi connectivity index (χ2n) is 10.0. The Labute approximate surface area is 229 Å². The highest BCUT2D eigenvalue weighted by atomic mass is 35.5. The van der Waals surface area contributed by atoms with E-state index in [2.05, 4.69) is 15.4 Å². The largest absolute Gasteiger partial charge is 0.478 e. The highest BCUT2D eigenvalue weighted by molar-refractivity contribution is 6.34. The first-order valence-corrected chi connectivity index (χ1v) is 13.0. The van der Waals surface area contributed by atoms with Crippen molar-refractivity contribution in [3.8, 4) is 5.69 Å². The maximum absolute atomic E-state index is 13.8. The minimum atomic E-state index is -0.940. The number of aryl methyl sites for hydroxylation is 2. The summed E-state index contributed by atoms with van der Waals surface area (Å²) < 4.78 is 3.66. The highest BCUT2D eigenvalue weighted by Gasteiger charge is 2.40. The molecule has 0 aliphatic carbocycles. The maximum atomic E-state index is 13.8. The monoisotopic (exact) mass is 539 g/mol. The zero-order chi connectivity index (χ0) is 27.3. The number of aromatic nitrogens is 4. The van der Waals surface area contributed by atoms with Gasteiger partial charge < -0.3 is 15.0 Å². The molecular formula is C30H26ClN5O3. The van der Waals surface area contributed by atoms with Crippen LogP contribution in [0.4, 0.5) is 0 Å². The lowest BCUT2D eigenvalue weighted by molar-refractivity contribution is 0.0693. The van der Waals surface area contributed by atoms with Gasteiger partial charge in [-0.3, -0.25) is 4.79 Å². The van der Waals surface area contributed by atoms with Crippen molar-refractivity contribution in [3.63, 3.8) is 0 Å². The van der Waals surface area contributed by atoms with Crippen LogP contribution in [0.15, 0.2) is 73.1 Å². The first-order valence-electron chi connectivity index (χ1n) is 12.7. The lowest BCUT2D eigenvalue weighted by Crippen LogP contribution is -2.51. The summed E-state index contributed by atoms with van der Waals surface area (Å²) in [4.78, 5) is 30.2. The Morgan fingerprint density at radius 1 is 1.05 bits per heavy atom. The van der Waals surface area contributed by atoms with Gasteiger partial charge in [0, 0.05) is 16.6 Å². The maximum Gasteiger partial charge on any atom is 0.338 e. The van der Waals surface area contributed by atoms with Crippen molar-refractivity contribution < 1.29 is 14.7 Å². The first kappa shape index (κ1) is 24.9. The lowest BCUT2D eigenvalue weighted by atomic mass is 9.81. The van der Waals surface area contributed by atoms with Gasteiger partial charge in [-0.05, 0) is 62.6 Å². The van der Waals surface area contributed by atoms with Gasteiger partial charge in [0.1, 0.15) is 12.2 Å². The molecule has 1 unspecified atom stereocenters. The van der Waals surface area contributed by atoms with Crippen molar-refractivity contribution in [2.24, 2.45) is 0 Å². The third-order valence-corrected chi connectivity index (χ3v) is 7.82. The number of carbonyl (C=O) groups is 2. The third kappa shape index (κ3) is 4.27. The van der Waals surface area contributed by atoms with Crippen LogP contribution in [0.5, 0.6) is 0 Å². The van der Waals surface area contributed by atoms with Crippen LogP contribution in [0.3, 0.4) is 0 Å². The van der Waals surface area contributed by atoms with Crippen LogP contribution in [0.1, 0.15) is 49.8 Å². The van der Waals surface area contributed by atoms with Gasteiger partial charge in [0.15, 0.2) is 0 Å². The molecule has 8 nitrogen and oxygen atoms in total. The van der Waals surface area contributed by atoms with E-state index in [1.165, 1.54) is 0 Å². The molecule has 2 aromatic heterocycles. The summed E-state index contributed by atoms with van der Waals surface area (Å²) in [5.74, 6) is -0.613. The topological polar surface area (TPSA) is 102 Å². The number of nitrogens with one attached hydrogen (secondary N) is 1. The summed E-state index contributed by atoms with van der Waals surface area (Å²) in [6, 6.07) is 20.9. The molecule has 0 saturated carbocycles. The molecule has 0 fully saturated rings. The number of hydrogen-bond donors (Lipinski definition) is 2. The Morgan fingerprint density at radius 3 is 2.54 bits per heavy atom. The summed E-state index contributed by atoms with van der Waals surface area (Å²) >= 11 is 6.61. The molecule has 3 aromatic carbocycles. The molecule has 1 aliphatic heterocycles. The van der Waals surface area contributed by atoms with Crippen molar-refractivity contribution >= 4 is 34.4 Å². The van der Waals surface area contributed by atoms with Crippen LogP contribution in [0, 0.1) is 13.8 Å². The zero-order valence-electron chi connectivity index (χ0n) is 21.5. The molecule has 5 aromatic rings. The van der Waals surface area contributed by atoms with Gasteiger partial charge in [0.05, 0.1) is 33.9 Å². The number of carboxylic acids is 1. The number of rotatable bonds is 5. The molecule has 2 N–H and O–H groups in total.